The average Bonchev–Trinajstić information content (AvgIpc) is 2.27. The summed E-state index contributed by atoms with van der Waals surface area (Å²) >= 11 is 0. The van der Waals surface area contributed by atoms with E-state index < -0.39 is 17.9 Å². The van der Waals surface area contributed by atoms with Crippen molar-refractivity contribution in [3.05, 3.63) is 29.6 Å². The molecule has 19 heavy (non-hydrogen) atoms. The van der Waals surface area contributed by atoms with Gasteiger partial charge in [-0.3, -0.25) is 0 Å². The molecule has 0 aliphatic rings. The smallest absolute Gasteiger partial charge is 0.403 e. The van der Waals surface area contributed by atoms with Crippen LogP contribution >= 0.6 is 0 Å². The van der Waals surface area contributed by atoms with Gasteiger partial charge in [-0.05, 0) is 36.0 Å². The lowest BCUT2D eigenvalue weighted by molar-refractivity contribution is -0.275. The Balaban J connectivity index is 2.82. The van der Waals surface area contributed by atoms with Gasteiger partial charge in [-0.2, -0.15) is 0 Å². The molecule has 1 atom stereocenters. The van der Waals surface area contributed by atoms with Gasteiger partial charge in [-0.15, -0.1) is 13.2 Å². The first-order chi connectivity index (χ1) is 8.73. The van der Waals surface area contributed by atoms with Crippen LogP contribution in [0.15, 0.2) is 18.2 Å². The monoisotopic (exact) mass is 278 g/mol. The molecule has 0 amide bonds. The minimum atomic E-state index is -4.87. The third kappa shape index (κ3) is 5.09. The Morgan fingerprint density at radius 2 is 1.84 bits per heavy atom. The van der Waals surface area contributed by atoms with Crippen molar-refractivity contribution in [1.82, 2.24) is 0 Å². The summed E-state index contributed by atoms with van der Waals surface area (Å²) in [5, 5.41) is 0. The zero-order valence-electron chi connectivity index (χ0n) is 11.2. The van der Waals surface area contributed by atoms with Gasteiger partial charge in [-0.25, -0.2) is 4.39 Å². The molecule has 1 aromatic rings. The Labute approximate surface area is 110 Å². The number of ether oxygens (including phenoxy) is 1. The first-order valence-corrected chi connectivity index (χ1v) is 6.27. The fraction of sp³-hybridized carbons (Fsp3) is 0.571. The van der Waals surface area contributed by atoms with Crippen molar-refractivity contribution in [1.29, 1.82) is 0 Å². The lowest BCUT2D eigenvalue weighted by Gasteiger charge is -2.19. The largest absolute Gasteiger partial charge is 0.573 e. The van der Waals surface area contributed by atoms with Crippen molar-refractivity contribution in [2.24, 2.45) is 11.8 Å². The van der Waals surface area contributed by atoms with Crippen LogP contribution < -0.4 is 4.74 Å². The van der Waals surface area contributed by atoms with Gasteiger partial charge < -0.3 is 4.74 Å². The van der Waals surface area contributed by atoms with Gasteiger partial charge in [0.15, 0.2) is 11.6 Å². The molecule has 0 saturated heterocycles. The third-order valence-electron chi connectivity index (χ3n) is 3.19. The zero-order valence-corrected chi connectivity index (χ0v) is 11.2. The van der Waals surface area contributed by atoms with Gasteiger partial charge in [0.1, 0.15) is 0 Å². The Morgan fingerprint density at radius 3 is 2.26 bits per heavy atom. The van der Waals surface area contributed by atoms with Crippen LogP contribution in [0.3, 0.4) is 0 Å². The van der Waals surface area contributed by atoms with E-state index in [1.54, 1.807) is 0 Å². The molecule has 0 N–H and O–H groups in total. The Hall–Kier alpha value is -1.26. The molecule has 108 valence electrons. The first kappa shape index (κ1) is 15.8. The summed E-state index contributed by atoms with van der Waals surface area (Å²) in [4.78, 5) is 0. The molecule has 5 heteroatoms. The fourth-order valence-electron chi connectivity index (χ4n) is 2.03. The predicted molar refractivity (Wildman–Crippen MR) is 65.4 cm³/mol. The quantitative estimate of drug-likeness (QED) is 0.692. The lowest BCUT2D eigenvalue weighted by atomic mass is 9.87. The number of hydrogen-bond donors (Lipinski definition) is 0. The van der Waals surface area contributed by atoms with Gasteiger partial charge in [0, 0.05) is 0 Å². The van der Waals surface area contributed by atoms with Crippen molar-refractivity contribution >= 4 is 0 Å². The molecule has 1 rings (SSSR count). The molecule has 0 aliphatic carbocycles. The minimum Gasteiger partial charge on any atom is -0.403 e. The van der Waals surface area contributed by atoms with Crippen LogP contribution in [0.4, 0.5) is 17.6 Å². The van der Waals surface area contributed by atoms with Crippen molar-refractivity contribution in [3.8, 4) is 5.75 Å². The highest BCUT2D eigenvalue weighted by Crippen LogP contribution is 2.28. The maximum absolute atomic E-state index is 13.5. The van der Waals surface area contributed by atoms with Crippen LogP contribution in [0.1, 0.15) is 32.8 Å². The molecule has 0 spiro atoms. The number of alkyl halides is 3. The fourth-order valence-corrected chi connectivity index (χ4v) is 2.03. The van der Waals surface area contributed by atoms with Gasteiger partial charge in [-0.1, -0.05) is 33.3 Å². The van der Waals surface area contributed by atoms with E-state index in [1.165, 1.54) is 6.07 Å². The summed E-state index contributed by atoms with van der Waals surface area (Å²) in [7, 11) is 0. The number of benzene rings is 1. The van der Waals surface area contributed by atoms with Crippen LogP contribution in [0, 0.1) is 17.7 Å². The second-order valence-corrected chi connectivity index (χ2v) is 4.93. The van der Waals surface area contributed by atoms with Crippen LogP contribution in [0.2, 0.25) is 0 Å². The van der Waals surface area contributed by atoms with Crippen molar-refractivity contribution in [2.45, 2.75) is 40.0 Å². The summed E-state index contributed by atoms with van der Waals surface area (Å²) in [6.07, 6.45) is -3.27. The maximum atomic E-state index is 13.5. The highest BCUT2D eigenvalue weighted by atomic mass is 19.4. The Kier molecular flexibility index (Phi) is 5.20. The minimum absolute atomic E-state index is 0.383. The molecule has 0 aromatic heterocycles. The molecule has 1 nitrogen and oxygen atoms in total. The molecule has 0 fully saturated rings. The summed E-state index contributed by atoms with van der Waals surface area (Å²) in [6, 6.07) is 3.63. The highest BCUT2D eigenvalue weighted by Gasteiger charge is 2.32. The zero-order chi connectivity index (χ0) is 14.6. The summed E-state index contributed by atoms with van der Waals surface area (Å²) in [6.45, 7) is 6.19. The molecule has 0 saturated carbocycles. The second kappa shape index (κ2) is 6.26. The van der Waals surface area contributed by atoms with Gasteiger partial charge >= 0.3 is 6.36 Å². The second-order valence-electron chi connectivity index (χ2n) is 4.93. The Morgan fingerprint density at radius 1 is 1.21 bits per heavy atom. The summed E-state index contributed by atoms with van der Waals surface area (Å²) < 4.78 is 53.1. The van der Waals surface area contributed by atoms with E-state index in [0.29, 0.717) is 23.8 Å². The van der Waals surface area contributed by atoms with Gasteiger partial charge in [0.05, 0.1) is 0 Å². The van der Waals surface area contributed by atoms with E-state index >= 15 is 0 Å². The standard InChI is InChI=1S/C14H18F4O/c1-4-11(9(2)3)7-10-5-6-13(12(15)8-10)19-14(16,17)18/h5-6,8-9,11H,4,7H2,1-3H3. The SMILES string of the molecule is CCC(Cc1ccc(OC(F)(F)F)c(F)c1)C(C)C. The van der Waals surface area contributed by atoms with E-state index in [9.17, 15) is 17.6 Å². The van der Waals surface area contributed by atoms with Crippen molar-refractivity contribution < 1.29 is 22.3 Å². The van der Waals surface area contributed by atoms with Crippen LogP contribution in [-0.4, -0.2) is 6.36 Å². The van der Waals surface area contributed by atoms with Crippen LogP contribution in [-0.2, 0) is 6.42 Å². The molecule has 0 bridgehead atoms. The maximum Gasteiger partial charge on any atom is 0.573 e. The third-order valence-corrected chi connectivity index (χ3v) is 3.19. The van der Waals surface area contributed by atoms with Crippen molar-refractivity contribution in [2.75, 3.05) is 0 Å². The molecule has 0 radical (unpaired) electrons. The molecular weight excluding hydrogens is 260 g/mol. The van der Waals surface area contributed by atoms with E-state index in [1.807, 2.05) is 6.92 Å². The molecule has 1 aromatic carbocycles. The Bertz CT molecular complexity index is 412. The first-order valence-electron chi connectivity index (χ1n) is 6.27. The molecular formula is C14H18F4O. The normalized spacial score (nSPS) is 13.7. The van der Waals surface area contributed by atoms with E-state index in [-0.39, 0.29) is 0 Å². The van der Waals surface area contributed by atoms with E-state index in [2.05, 4.69) is 18.6 Å². The summed E-state index contributed by atoms with van der Waals surface area (Å²) in [5.41, 5.74) is 0.688. The predicted octanol–water partition coefficient (Wildman–Crippen LogP) is 4.95. The average molecular weight is 278 g/mol. The van der Waals surface area contributed by atoms with Crippen molar-refractivity contribution in [3.63, 3.8) is 0 Å². The molecule has 0 aliphatic heterocycles. The van der Waals surface area contributed by atoms with Crippen LogP contribution in [0.5, 0.6) is 5.75 Å². The number of halogens is 4. The highest BCUT2D eigenvalue weighted by molar-refractivity contribution is 5.29. The number of hydrogen-bond acceptors (Lipinski definition) is 1. The number of rotatable bonds is 5. The molecule has 0 heterocycles. The van der Waals surface area contributed by atoms with Gasteiger partial charge in [0.2, 0.25) is 0 Å². The van der Waals surface area contributed by atoms with Crippen LogP contribution in [0.25, 0.3) is 0 Å². The summed E-state index contributed by atoms with van der Waals surface area (Å²) in [5.74, 6) is -0.935. The van der Waals surface area contributed by atoms with E-state index in [4.69, 9.17) is 0 Å². The molecule has 1 unspecified atom stereocenters. The lowest BCUT2D eigenvalue weighted by Crippen LogP contribution is -2.18. The van der Waals surface area contributed by atoms with Gasteiger partial charge in [0.25, 0.3) is 0 Å². The van der Waals surface area contributed by atoms with E-state index in [0.717, 1.165) is 18.6 Å². The topological polar surface area (TPSA) is 9.23 Å².